The molecule has 0 aromatic carbocycles. The first kappa shape index (κ1) is 17.5. The summed E-state index contributed by atoms with van der Waals surface area (Å²) in [5.74, 6) is 3.57. The quantitative estimate of drug-likeness (QED) is 0.740. The van der Waals surface area contributed by atoms with E-state index in [0.717, 1.165) is 49.9 Å². The molecule has 3 atom stereocenters. The molecule has 2 heteroatoms. The third-order valence-corrected chi connectivity index (χ3v) is 7.01. The maximum Gasteiger partial charge on any atom is 0.0605 e. The van der Waals surface area contributed by atoms with Crippen LogP contribution in [-0.4, -0.2) is 22.4 Å². The fraction of sp³-hybridized carbons (Fsp3) is 0.905. The number of aliphatic hydroxyl groups is 2. The van der Waals surface area contributed by atoms with Crippen LogP contribution in [0.15, 0.2) is 12.2 Å². The van der Waals surface area contributed by atoms with Crippen LogP contribution in [0.25, 0.3) is 0 Å². The van der Waals surface area contributed by atoms with Gasteiger partial charge in [-0.2, -0.15) is 0 Å². The molecule has 0 aromatic heterocycles. The number of hydrogen-bond donors (Lipinski definition) is 2. The highest BCUT2D eigenvalue weighted by molar-refractivity contribution is 4.99. The van der Waals surface area contributed by atoms with E-state index in [1.54, 1.807) is 0 Å². The largest absolute Gasteiger partial charge is 0.393 e. The number of rotatable bonds is 3. The highest BCUT2D eigenvalue weighted by atomic mass is 16.3. The normalized spacial score (nSPS) is 46.1. The van der Waals surface area contributed by atoms with E-state index in [1.807, 2.05) is 0 Å². The molecule has 0 bridgehead atoms. The molecule has 0 aromatic rings. The van der Waals surface area contributed by atoms with Gasteiger partial charge in [0.25, 0.3) is 0 Å². The molecule has 0 aliphatic heterocycles. The summed E-state index contributed by atoms with van der Waals surface area (Å²) in [6.45, 7) is 2.39. The fourth-order valence-electron chi connectivity index (χ4n) is 5.21. The molecule has 0 spiro atoms. The number of hydrogen-bond acceptors (Lipinski definition) is 2. The lowest BCUT2D eigenvalue weighted by molar-refractivity contribution is 0.0371. The second kappa shape index (κ2) is 8.16. The van der Waals surface area contributed by atoms with Gasteiger partial charge in [-0.3, -0.25) is 0 Å². The summed E-state index contributed by atoms with van der Waals surface area (Å²) in [7, 11) is 0. The van der Waals surface area contributed by atoms with Gasteiger partial charge in [0.05, 0.1) is 12.2 Å². The molecule has 2 N–H and O–H groups in total. The molecule has 132 valence electrons. The molecule has 3 saturated carbocycles. The summed E-state index contributed by atoms with van der Waals surface area (Å²) >= 11 is 0. The van der Waals surface area contributed by atoms with Crippen LogP contribution < -0.4 is 0 Å². The lowest BCUT2D eigenvalue weighted by Gasteiger charge is -2.39. The molecule has 0 heterocycles. The van der Waals surface area contributed by atoms with E-state index >= 15 is 0 Å². The molecule has 0 saturated heterocycles. The molecule has 3 fully saturated rings. The van der Waals surface area contributed by atoms with Crippen LogP contribution in [0.2, 0.25) is 0 Å². The molecule has 3 aliphatic carbocycles. The predicted molar refractivity (Wildman–Crippen MR) is 95.1 cm³/mol. The second-order valence-electron chi connectivity index (χ2n) is 8.78. The van der Waals surface area contributed by atoms with Crippen LogP contribution in [0, 0.1) is 29.6 Å². The van der Waals surface area contributed by atoms with Gasteiger partial charge < -0.3 is 10.2 Å². The molecular formula is C21H36O2. The SMILES string of the molecule is CC1CCC(C2CCC(C=CC3CCC(O)CC3)C(O)C2)CC1. The van der Waals surface area contributed by atoms with Crippen molar-refractivity contribution in [1.29, 1.82) is 0 Å². The minimum absolute atomic E-state index is 0.0705. The third kappa shape index (κ3) is 4.82. The van der Waals surface area contributed by atoms with Gasteiger partial charge in [0.1, 0.15) is 0 Å². The van der Waals surface area contributed by atoms with Gasteiger partial charge in [-0.25, -0.2) is 0 Å². The molecule has 3 aliphatic rings. The first-order valence-corrected chi connectivity index (χ1v) is 10.2. The van der Waals surface area contributed by atoms with Crippen molar-refractivity contribution in [2.45, 2.75) is 89.8 Å². The van der Waals surface area contributed by atoms with Crippen molar-refractivity contribution in [2.24, 2.45) is 29.6 Å². The molecule has 3 rings (SSSR count). The van der Waals surface area contributed by atoms with Crippen molar-refractivity contribution >= 4 is 0 Å². The lowest BCUT2D eigenvalue weighted by atomic mass is 9.68. The summed E-state index contributed by atoms with van der Waals surface area (Å²) in [6, 6.07) is 0. The Morgan fingerprint density at radius 2 is 1.35 bits per heavy atom. The Labute approximate surface area is 142 Å². The van der Waals surface area contributed by atoms with Crippen molar-refractivity contribution in [1.82, 2.24) is 0 Å². The van der Waals surface area contributed by atoms with E-state index in [2.05, 4.69) is 19.1 Å². The minimum atomic E-state index is -0.126. The Morgan fingerprint density at radius 1 is 0.696 bits per heavy atom. The van der Waals surface area contributed by atoms with E-state index in [1.165, 1.54) is 38.5 Å². The minimum Gasteiger partial charge on any atom is -0.393 e. The standard InChI is InChI=1S/C21H36O2/c1-15-2-7-17(8-3-15)19-11-10-18(21(23)14-19)9-4-16-5-12-20(22)13-6-16/h4,9,15-23H,2-3,5-8,10-14H2,1H3. The van der Waals surface area contributed by atoms with Crippen LogP contribution in [0.3, 0.4) is 0 Å². The van der Waals surface area contributed by atoms with Gasteiger partial charge >= 0.3 is 0 Å². The van der Waals surface area contributed by atoms with Gasteiger partial charge in [0.2, 0.25) is 0 Å². The van der Waals surface area contributed by atoms with Gasteiger partial charge in [0, 0.05) is 5.92 Å². The zero-order valence-electron chi connectivity index (χ0n) is 14.9. The number of allylic oxidation sites excluding steroid dienone is 1. The molecule has 23 heavy (non-hydrogen) atoms. The highest BCUT2D eigenvalue weighted by Gasteiger charge is 2.33. The smallest absolute Gasteiger partial charge is 0.0605 e. The zero-order valence-corrected chi connectivity index (χ0v) is 14.9. The van der Waals surface area contributed by atoms with Crippen LogP contribution >= 0.6 is 0 Å². The Hall–Kier alpha value is -0.340. The number of aliphatic hydroxyl groups excluding tert-OH is 2. The van der Waals surface area contributed by atoms with Gasteiger partial charge in [-0.1, -0.05) is 31.9 Å². The van der Waals surface area contributed by atoms with E-state index in [0.29, 0.717) is 11.8 Å². The zero-order chi connectivity index (χ0) is 16.2. The van der Waals surface area contributed by atoms with Crippen molar-refractivity contribution in [2.75, 3.05) is 0 Å². The van der Waals surface area contributed by atoms with Crippen molar-refractivity contribution in [3.8, 4) is 0 Å². The summed E-state index contributed by atoms with van der Waals surface area (Å²) in [6.07, 6.45) is 17.7. The topological polar surface area (TPSA) is 40.5 Å². The van der Waals surface area contributed by atoms with Crippen LogP contribution in [-0.2, 0) is 0 Å². The Morgan fingerprint density at radius 3 is 2.00 bits per heavy atom. The fourth-order valence-corrected chi connectivity index (χ4v) is 5.21. The predicted octanol–water partition coefficient (Wildman–Crippen LogP) is 4.70. The Bertz CT molecular complexity index is 375. The van der Waals surface area contributed by atoms with Gasteiger partial charge in [-0.05, 0) is 81.5 Å². The van der Waals surface area contributed by atoms with E-state index in [9.17, 15) is 10.2 Å². The van der Waals surface area contributed by atoms with Gasteiger partial charge in [-0.15, -0.1) is 0 Å². The molecular weight excluding hydrogens is 284 g/mol. The molecule has 2 nitrogen and oxygen atoms in total. The van der Waals surface area contributed by atoms with Crippen molar-refractivity contribution in [3.63, 3.8) is 0 Å². The third-order valence-electron chi connectivity index (χ3n) is 7.01. The second-order valence-corrected chi connectivity index (χ2v) is 8.78. The van der Waals surface area contributed by atoms with Crippen molar-refractivity contribution in [3.05, 3.63) is 12.2 Å². The van der Waals surface area contributed by atoms with Gasteiger partial charge in [0.15, 0.2) is 0 Å². The lowest BCUT2D eigenvalue weighted by Crippen LogP contribution is -2.33. The molecule has 3 unspecified atom stereocenters. The summed E-state index contributed by atoms with van der Waals surface area (Å²) < 4.78 is 0. The van der Waals surface area contributed by atoms with Crippen LogP contribution in [0.1, 0.15) is 77.6 Å². The highest BCUT2D eigenvalue weighted by Crippen LogP contribution is 2.41. The first-order valence-electron chi connectivity index (χ1n) is 10.2. The van der Waals surface area contributed by atoms with E-state index in [-0.39, 0.29) is 12.2 Å². The van der Waals surface area contributed by atoms with E-state index in [4.69, 9.17) is 0 Å². The van der Waals surface area contributed by atoms with Crippen LogP contribution in [0.5, 0.6) is 0 Å². The maximum atomic E-state index is 10.6. The maximum absolute atomic E-state index is 10.6. The average Bonchev–Trinajstić information content (AvgIpc) is 2.56. The summed E-state index contributed by atoms with van der Waals surface area (Å²) in [4.78, 5) is 0. The summed E-state index contributed by atoms with van der Waals surface area (Å²) in [5, 5.41) is 20.2. The monoisotopic (exact) mass is 320 g/mol. The first-order chi connectivity index (χ1) is 11.1. The average molecular weight is 321 g/mol. The molecule has 0 radical (unpaired) electrons. The Kier molecular flexibility index (Phi) is 6.20. The van der Waals surface area contributed by atoms with Crippen molar-refractivity contribution < 1.29 is 10.2 Å². The van der Waals surface area contributed by atoms with E-state index < -0.39 is 0 Å². The molecule has 0 amide bonds. The van der Waals surface area contributed by atoms with Crippen LogP contribution in [0.4, 0.5) is 0 Å². The Balaban J connectivity index is 1.45. The summed E-state index contributed by atoms with van der Waals surface area (Å²) in [5.41, 5.74) is 0.